The summed E-state index contributed by atoms with van der Waals surface area (Å²) in [6.07, 6.45) is 1.14. The third kappa shape index (κ3) is 3.03. The second-order valence-corrected chi connectivity index (χ2v) is 6.24. The van der Waals surface area contributed by atoms with Gasteiger partial charge in [0, 0.05) is 6.26 Å². The average Bonchev–Trinajstić information content (AvgIpc) is 2.40. The molecular formula is C14H15NO4S. The van der Waals surface area contributed by atoms with Gasteiger partial charge in [-0.25, -0.2) is 8.42 Å². The number of hydrogen-bond acceptors (Lipinski definition) is 5. The van der Waals surface area contributed by atoms with Crippen LogP contribution in [0.3, 0.4) is 0 Å². The molecular weight excluding hydrogens is 278 g/mol. The van der Waals surface area contributed by atoms with Crippen LogP contribution in [-0.4, -0.2) is 21.8 Å². The van der Waals surface area contributed by atoms with Gasteiger partial charge in [-0.15, -0.1) is 0 Å². The number of rotatable bonds is 4. The molecule has 0 amide bonds. The normalized spacial score (nSPS) is 11.1. The minimum absolute atomic E-state index is 0.191. The van der Waals surface area contributed by atoms with Gasteiger partial charge in [0.15, 0.2) is 15.6 Å². The Balaban J connectivity index is 2.36. The number of nitrogens with two attached hydrogens (primary N) is 1. The van der Waals surface area contributed by atoms with E-state index in [0.29, 0.717) is 22.9 Å². The molecule has 0 aliphatic carbocycles. The number of benzene rings is 2. The molecule has 2 aromatic carbocycles. The van der Waals surface area contributed by atoms with Crippen LogP contribution in [0.5, 0.6) is 17.2 Å². The van der Waals surface area contributed by atoms with Crippen molar-refractivity contribution in [2.45, 2.75) is 4.90 Å². The molecule has 2 aromatic rings. The van der Waals surface area contributed by atoms with Crippen molar-refractivity contribution in [2.24, 2.45) is 0 Å². The lowest BCUT2D eigenvalue weighted by Gasteiger charge is -2.11. The third-order valence-corrected chi connectivity index (χ3v) is 3.82. The summed E-state index contributed by atoms with van der Waals surface area (Å²) >= 11 is 0. The van der Waals surface area contributed by atoms with E-state index >= 15 is 0 Å². The highest BCUT2D eigenvalue weighted by molar-refractivity contribution is 7.90. The van der Waals surface area contributed by atoms with Crippen LogP contribution in [0, 0.1) is 0 Å². The van der Waals surface area contributed by atoms with Crippen molar-refractivity contribution in [3.05, 3.63) is 42.5 Å². The fourth-order valence-corrected chi connectivity index (χ4v) is 2.34. The highest BCUT2D eigenvalue weighted by atomic mass is 32.2. The molecule has 0 fully saturated rings. The van der Waals surface area contributed by atoms with Gasteiger partial charge in [-0.1, -0.05) is 12.1 Å². The molecule has 106 valence electrons. The molecule has 0 aliphatic rings. The van der Waals surface area contributed by atoms with Gasteiger partial charge in [-0.2, -0.15) is 0 Å². The average molecular weight is 293 g/mol. The maximum absolute atomic E-state index is 11.5. The summed E-state index contributed by atoms with van der Waals surface area (Å²) in [6.45, 7) is 0. The lowest BCUT2D eigenvalue weighted by atomic mass is 10.2. The summed E-state index contributed by atoms with van der Waals surface area (Å²) in [5, 5.41) is 0. The van der Waals surface area contributed by atoms with Gasteiger partial charge in [-0.3, -0.25) is 0 Å². The van der Waals surface area contributed by atoms with Crippen LogP contribution < -0.4 is 15.2 Å². The standard InChI is InChI=1S/C14H15NO4S/c1-18-12-7-4-8-13(14(12)15)19-10-5-3-6-11(9-10)20(2,16)17/h3-9H,15H2,1-2H3. The van der Waals surface area contributed by atoms with Gasteiger partial charge in [0.2, 0.25) is 0 Å². The van der Waals surface area contributed by atoms with Crippen molar-refractivity contribution in [2.75, 3.05) is 19.1 Å². The zero-order valence-corrected chi connectivity index (χ0v) is 12.0. The molecule has 6 heteroatoms. The molecule has 0 heterocycles. The zero-order valence-electron chi connectivity index (χ0n) is 11.2. The van der Waals surface area contributed by atoms with Crippen LogP contribution in [0.25, 0.3) is 0 Å². The van der Waals surface area contributed by atoms with Gasteiger partial charge < -0.3 is 15.2 Å². The van der Waals surface area contributed by atoms with Crippen molar-refractivity contribution >= 4 is 15.5 Å². The van der Waals surface area contributed by atoms with E-state index in [0.717, 1.165) is 6.26 Å². The first-order chi connectivity index (χ1) is 9.41. The Morgan fingerprint density at radius 1 is 1.05 bits per heavy atom. The Kier molecular flexibility index (Phi) is 3.85. The van der Waals surface area contributed by atoms with E-state index in [1.165, 1.54) is 19.2 Å². The van der Waals surface area contributed by atoms with Crippen LogP contribution in [0.15, 0.2) is 47.4 Å². The SMILES string of the molecule is COc1cccc(Oc2cccc(S(C)(=O)=O)c2)c1N. The number of hydrogen-bond donors (Lipinski definition) is 1. The molecule has 0 saturated carbocycles. The fraction of sp³-hybridized carbons (Fsp3) is 0.143. The largest absolute Gasteiger partial charge is 0.494 e. The molecule has 20 heavy (non-hydrogen) atoms. The number of nitrogen functional groups attached to an aromatic ring is 1. The highest BCUT2D eigenvalue weighted by Crippen LogP contribution is 2.34. The number of methoxy groups -OCH3 is 1. The Hall–Kier alpha value is -2.21. The van der Waals surface area contributed by atoms with E-state index < -0.39 is 9.84 Å². The molecule has 5 nitrogen and oxygen atoms in total. The van der Waals surface area contributed by atoms with Crippen molar-refractivity contribution < 1.29 is 17.9 Å². The summed E-state index contributed by atoms with van der Waals surface area (Å²) < 4.78 is 33.7. The molecule has 0 aliphatic heterocycles. The summed E-state index contributed by atoms with van der Waals surface area (Å²) in [5.74, 6) is 1.31. The maximum Gasteiger partial charge on any atom is 0.175 e. The van der Waals surface area contributed by atoms with E-state index in [1.807, 2.05) is 0 Å². The van der Waals surface area contributed by atoms with E-state index in [1.54, 1.807) is 30.3 Å². The lowest BCUT2D eigenvalue weighted by molar-refractivity contribution is 0.412. The minimum Gasteiger partial charge on any atom is -0.494 e. The predicted molar refractivity (Wildman–Crippen MR) is 77.0 cm³/mol. The molecule has 0 saturated heterocycles. The van der Waals surface area contributed by atoms with Gasteiger partial charge in [0.1, 0.15) is 17.2 Å². The van der Waals surface area contributed by atoms with Gasteiger partial charge in [0.25, 0.3) is 0 Å². The Bertz CT molecular complexity index is 726. The smallest absolute Gasteiger partial charge is 0.175 e. The quantitative estimate of drug-likeness (QED) is 0.876. The molecule has 0 atom stereocenters. The second kappa shape index (κ2) is 5.42. The lowest BCUT2D eigenvalue weighted by Crippen LogP contribution is -1.98. The molecule has 0 spiro atoms. The fourth-order valence-electron chi connectivity index (χ4n) is 1.69. The van der Waals surface area contributed by atoms with Gasteiger partial charge in [0.05, 0.1) is 12.0 Å². The van der Waals surface area contributed by atoms with Crippen LogP contribution >= 0.6 is 0 Å². The van der Waals surface area contributed by atoms with Gasteiger partial charge >= 0.3 is 0 Å². The molecule has 0 aromatic heterocycles. The monoisotopic (exact) mass is 293 g/mol. The van der Waals surface area contributed by atoms with Crippen LogP contribution in [0.4, 0.5) is 5.69 Å². The number of para-hydroxylation sites is 1. The summed E-state index contributed by atoms with van der Waals surface area (Å²) in [4.78, 5) is 0.191. The molecule has 0 radical (unpaired) electrons. The Morgan fingerprint density at radius 2 is 1.70 bits per heavy atom. The summed E-state index contributed by atoms with van der Waals surface area (Å²) in [6, 6.07) is 11.4. The summed E-state index contributed by atoms with van der Waals surface area (Å²) in [5.41, 5.74) is 6.26. The van der Waals surface area contributed by atoms with E-state index in [9.17, 15) is 8.42 Å². The third-order valence-electron chi connectivity index (χ3n) is 2.71. The van der Waals surface area contributed by atoms with E-state index in [4.69, 9.17) is 15.2 Å². The Labute approximate surface area is 117 Å². The van der Waals surface area contributed by atoms with Crippen molar-refractivity contribution in [1.29, 1.82) is 0 Å². The second-order valence-electron chi connectivity index (χ2n) is 4.22. The number of ether oxygens (including phenoxy) is 2. The number of sulfone groups is 1. The van der Waals surface area contributed by atoms with Crippen molar-refractivity contribution in [1.82, 2.24) is 0 Å². The molecule has 2 rings (SSSR count). The Morgan fingerprint density at radius 3 is 2.35 bits per heavy atom. The van der Waals surface area contributed by atoms with Gasteiger partial charge in [-0.05, 0) is 30.3 Å². The van der Waals surface area contributed by atoms with Crippen LogP contribution in [0.2, 0.25) is 0 Å². The molecule has 2 N–H and O–H groups in total. The summed E-state index contributed by atoms with van der Waals surface area (Å²) in [7, 11) is -1.76. The number of anilines is 1. The van der Waals surface area contributed by atoms with Crippen LogP contribution in [-0.2, 0) is 9.84 Å². The highest BCUT2D eigenvalue weighted by Gasteiger charge is 2.10. The van der Waals surface area contributed by atoms with E-state index in [-0.39, 0.29) is 4.90 Å². The molecule has 0 bridgehead atoms. The zero-order chi connectivity index (χ0) is 14.8. The predicted octanol–water partition coefficient (Wildman–Crippen LogP) is 2.47. The minimum atomic E-state index is -3.28. The maximum atomic E-state index is 11.5. The van der Waals surface area contributed by atoms with E-state index in [2.05, 4.69) is 0 Å². The first-order valence-electron chi connectivity index (χ1n) is 5.82. The van der Waals surface area contributed by atoms with Crippen molar-refractivity contribution in [3.8, 4) is 17.2 Å². The van der Waals surface area contributed by atoms with Crippen LogP contribution in [0.1, 0.15) is 0 Å². The molecule has 0 unspecified atom stereocenters. The first-order valence-corrected chi connectivity index (χ1v) is 7.71. The van der Waals surface area contributed by atoms with Crippen molar-refractivity contribution in [3.63, 3.8) is 0 Å². The topological polar surface area (TPSA) is 78.6 Å². The first kappa shape index (κ1) is 14.2.